The quantitative estimate of drug-likeness (QED) is 0.491. The maximum Gasteiger partial charge on any atom is 0.230 e. The molecular weight excluding hydrogens is 435 g/mol. The van der Waals surface area contributed by atoms with Gasteiger partial charge in [-0.05, 0) is 37.1 Å². The lowest BCUT2D eigenvalue weighted by atomic mass is 10.1. The number of aromatic nitrogens is 3. The number of methoxy groups -OCH3 is 3. The Balaban J connectivity index is 1.78. The summed E-state index contributed by atoms with van der Waals surface area (Å²) in [6.45, 7) is 0. The lowest BCUT2D eigenvalue weighted by molar-refractivity contribution is -0.118. The van der Waals surface area contributed by atoms with Crippen LogP contribution in [0.2, 0.25) is 0 Å². The fraction of sp³-hybridized carbons (Fsp3) is 0.318. The molecule has 0 bridgehead atoms. The Morgan fingerprint density at radius 2 is 1.81 bits per heavy atom. The Labute approximate surface area is 189 Å². The summed E-state index contributed by atoms with van der Waals surface area (Å²) >= 11 is 1.19. The molecular formula is C22H23FN4O4S. The smallest absolute Gasteiger partial charge is 0.230 e. The van der Waals surface area contributed by atoms with Crippen molar-refractivity contribution >= 4 is 17.7 Å². The Morgan fingerprint density at radius 3 is 2.41 bits per heavy atom. The molecule has 2 aromatic carbocycles. The molecule has 10 heteroatoms. The highest BCUT2D eigenvalue weighted by molar-refractivity contribution is 7.99. The van der Waals surface area contributed by atoms with Gasteiger partial charge >= 0.3 is 0 Å². The third-order valence-corrected chi connectivity index (χ3v) is 5.85. The van der Waals surface area contributed by atoms with Gasteiger partial charge in [-0.15, -0.1) is 10.2 Å². The molecule has 1 saturated carbocycles. The maximum atomic E-state index is 14.8. The van der Waals surface area contributed by atoms with E-state index in [0.29, 0.717) is 33.8 Å². The molecule has 168 valence electrons. The van der Waals surface area contributed by atoms with E-state index in [1.807, 2.05) is 0 Å². The largest absolute Gasteiger partial charge is 0.493 e. The topological polar surface area (TPSA) is 87.5 Å². The number of para-hydroxylation sites is 1. The number of ether oxygens (including phenoxy) is 3. The van der Waals surface area contributed by atoms with Gasteiger partial charge in [0, 0.05) is 11.6 Å². The molecule has 0 spiro atoms. The molecule has 1 amide bonds. The van der Waals surface area contributed by atoms with E-state index in [-0.39, 0.29) is 23.4 Å². The second kappa shape index (κ2) is 9.47. The van der Waals surface area contributed by atoms with Gasteiger partial charge in [-0.2, -0.15) is 0 Å². The molecule has 3 aromatic rings. The van der Waals surface area contributed by atoms with Crippen LogP contribution in [-0.4, -0.2) is 53.8 Å². The molecule has 1 heterocycles. The Bertz CT molecular complexity index is 1110. The van der Waals surface area contributed by atoms with Gasteiger partial charge in [-0.1, -0.05) is 23.9 Å². The molecule has 0 atom stereocenters. The van der Waals surface area contributed by atoms with Gasteiger partial charge in [0.15, 0.2) is 22.5 Å². The molecule has 4 rings (SSSR count). The van der Waals surface area contributed by atoms with Crippen molar-refractivity contribution in [2.75, 3.05) is 27.1 Å². The summed E-state index contributed by atoms with van der Waals surface area (Å²) in [5.74, 6) is 1.30. The fourth-order valence-electron chi connectivity index (χ4n) is 3.24. The van der Waals surface area contributed by atoms with E-state index >= 15 is 0 Å². The summed E-state index contributed by atoms with van der Waals surface area (Å²) in [5.41, 5.74) is 0.857. The van der Waals surface area contributed by atoms with Gasteiger partial charge in [0.05, 0.1) is 32.8 Å². The number of nitrogens with zero attached hydrogens (tertiary/aromatic N) is 3. The van der Waals surface area contributed by atoms with E-state index in [1.165, 1.54) is 39.2 Å². The summed E-state index contributed by atoms with van der Waals surface area (Å²) in [7, 11) is 4.55. The van der Waals surface area contributed by atoms with Gasteiger partial charge in [-0.3, -0.25) is 9.36 Å². The minimum Gasteiger partial charge on any atom is -0.493 e. The maximum absolute atomic E-state index is 14.8. The van der Waals surface area contributed by atoms with Gasteiger partial charge < -0.3 is 19.5 Å². The highest BCUT2D eigenvalue weighted by Gasteiger charge is 2.25. The molecule has 32 heavy (non-hydrogen) atoms. The van der Waals surface area contributed by atoms with Crippen LogP contribution in [0.1, 0.15) is 12.8 Å². The summed E-state index contributed by atoms with van der Waals surface area (Å²) in [6.07, 6.45) is 2.01. The van der Waals surface area contributed by atoms with E-state index in [2.05, 4.69) is 15.5 Å². The average Bonchev–Trinajstić information content (AvgIpc) is 3.52. The number of thioether (sulfide) groups is 1. The van der Waals surface area contributed by atoms with E-state index < -0.39 is 5.82 Å². The van der Waals surface area contributed by atoms with Crippen LogP contribution in [0, 0.1) is 5.82 Å². The lowest BCUT2D eigenvalue weighted by Crippen LogP contribution is -2.27. The minimum atomic E-state index is -0.440. The zero-order valence-corrected chi connectivity index (χ0v) is 18.7. The van der Waals surface area contributed by atoms with Crippen LogP contribution in [0.25, 0.3) is 17.1 Å². The average molecular weight is 459 g/mol. The summed E-state index contributed by atoms with van der Waals surface area (Å²) in [5, 5.41) is 11.9. The van der Waals surface area contributed by atoms with Crippen LogP contribution in [0.15, 0.2) is 41.6 Å². The first-order valence-corrected chi connectivity index (χ1v) is 11.0. The van der Waals surface area contributed by atoms with Crippen molar-refractivity contribution in [2.45, 2.75) is 24.0 Å². The summed E-state index contributed by atoms with van der Waals surface area (Å²) in [6, 6.07) is 10.0. The number of hydrogen-bond donors (Lipinski definition) is 1. The van der Waals surface area contributed by atoms with Crippen molar-refractivity contribution in [1.29, 1.82) is 0 Å². The van der Waals surface area contributed by atoms with Crippen LogP contribution in [0.5, 0.6) is 17.2 Å². The third kappa shape index (κ3) is 4.50. The number of benzene rings is 2. The van der Waals surface area contributed by atoms with Crippen molar-refractivity contribution < 1.29 is 23.4 Å². The van der Waals surface area contributed by atoms with Crippen molar-refractivity contribution in [1.82, 2.24) is 20.1 Å². The van der Waals surface area contributed by atoms with Crippen molar-refractivity contribution in [3.8, 4) is 34.3 Å². The zero-order valence-electron chi connectivity index (χ0n) is 17.9. The molecule has 1 aliphatic rings. The minimum absolute atomic E-state index is 0.0880. The SMILES string of the molecule is COc1cc(-c2nnc(SCC(=O)NC3CC3)n2-c2ccccc2F)cc(OC)c1OC. The predicted octanol–water partition coefficient (Wildman–Crippen LogP) is 3.47. The fourth-order valence-corrected chi connectivity index (χ4v) is 3.99. The van der Waals surface area contributed by atoms with Crippen LogP contribution in [0.4, 0.5) is 4.39 Å². The first kappa shape index (κ1) is 21.9. The summed E-state index contributed by atoms with van der Waals surface area (Å²) in [4.78, 5) is 12.2. The first-order valence-electron chi connectivity index (χ1n) is 9.98. The highest BCUT2D eigenvalue weighted by Crippen LogP contribution is 2.41. The van der Waals surface area contributed by atoms with Crippen molar-refractivity contribution in [3.63, 3.8) is 0 Å². The number of amides is 1. The molecule has 1 aliphatic carbocycles. The van der Waals surface area contributed by atoms with E-state index in [9.17, 15) is 9.18 Å². The number of nitrogens with one attached hydrogen (secondary N) is 1. The molecule has 0 unspecified atom stereocenters. The van der Waals surface area contributed by atoms with Gasteiger partial charge in [0.1, 0.15) is 5.82 Å². The second-order valence-corrected chi connectivity index (χ2v) is 8.08. The molecule has 1 fully saturated rings. The predicted molar refractivity (Wildman–Crippen MR) is 118 cm³/mol. The Morgan fingerprint density at radius 1 is 1.12 bits per heavy atom. The highest BCUT2D eigenvalue weighted by atomic mass is 32.2. The first-order chi connectivity index (χ1) is 15.5. The number of hydrogen-bond acceptors (Lipinski definition) is 7. The Kier molecular flexibility index (Phi) is 6.50. The van der Waals surface area contributed by atoms with E-state index in [0.717, 1.165) is 12.8 Å². The Hall–Kier alpha value is -3.27. The van der Waals surface area contributed by atoms with Crippen LogP contribution in [-0.2, 0) is 4.79 Å². The monoisotopic (exact) mass is 458 g/mol. The zero-order chi connectivity index (χ0) is 22.7. The van der Waals surface area contributed by atoms with Gasteiger partial charge in [0.25, 0.3) is 0 Å². The third-order valence-electron chi connectivity index (χ3n) is 4.92. The standard InChI is InChI=1S/C22H23FN4O4S/c1-29-17-10-13(11-18(30-2)20(17)31-3)21-25-26-22(32-12-19(28)24-14-8-9-14)27(21)16-7-5-4-6-15(16)23/h4-7,10-11,14H,8-9,12H2,1-3H3,(H,24,28). The van der Waals surface area contributed by atoms with Crippen LogP contribution in [0.3, 0.4) is 0 Å². The van der Waals surface area contributed by atoms with Crippen molar-refractivity contribution in [2.24, 2.45) is 0 Å². The van der Waals surface area contributed by atoms with Crippen LogP contribution >= 0.6 is 11.8 Å². The molecule has 0 aliphatic heterocycles. The number of carbonyl (C=O) groups is 1. The molecule has 0 saturated heterocycles. The molecule has 1 N–H and O–H groups in total. The van der Waals surface area contributed by atoms with Crippen molar-refractivity contribution in [3.05, 3.63) is 42.2 Å². The normalized spacial score (nSPS) is 13.0. The van der Waals surface area contributed by atoms with Gasteiger partial charge in [0.2, 0.25) is 11.7 Å². The number of halogens is 1. The van der Waals surface area contributed by atoms with E-state index in [1.54, 1.807) is 34.9 Å². The molecule has 1 aromatic heterocycles. The molecule has 8 nitrogen and oxygen atoms in total. The number of carbonyl (C=O) groups excluding carboxylic acids is 1. The van der Waals surface area contributed by atoms with E-state index in [4.69, 9.17) is 14.2 Å². The lowest BCUT2D eigenvalue weighted by Gasteiger charge is -2.15. The number of rotatable bonds is 9. The van der Waals surface area contributed by atoms with Crippen LogP contribution < -0.4 is 19.5 Å². The molecule has 0 radical (unpaired) electrons. The second-order valence-electron chi connectivity index (χ2n) is 7.14. The summed E-state index contributed by atoms with van der Waals surface area (Å²) < 4.78 is 32.6. The van der Waals surface area contributed by atoms with Gasteiger partial charge in [-0.25, -0.2) is 4.39 Å².